The van der Waals surface area contributed by atoms with E-state index in [-0.39, 0.29) is 11.4 Å². The van der Waals surface area contributed by atoms with E-state index in [0.717, 1.165) is 23.3 Å². The van der Waals surface area contributed by atoms with E-state index in [1.165, 1.54) is 12.1 Å². The topological polar surface area (TPSA) is 80.5 Å². The number of hydrogen-bond donors (Lipinski definition) is 2. The van der Waals surface area contributed by atoms with Crippen LogP contribution in [0.2, 0.25) is 0 Å². The predicted molar refractivity (Wildman–Crippen MR) is 109 cm³/mol. The minimum Gasteiger partial charge on any atom is -0.406 e. The number of carbonyl (C=O) groups excluding carboxylic acids is 1. The number of nitrogens with zero attached hydrogens (tertiary/aromatic N) is 3. The lowest BCUT2D eigenvalue weighted by Gasteiger charge is -2.11. The van der Waals surface area contributed by atoms with Gasteiger partial charge in [0.25, 0.3) is 0 Å². The summed E-state index contributed by atoms with van der Waals surface area (Å²) >= 11 is 0. The Morgan fingerprint density at radius 1 is 1.03 bits per heavy atom. The summed E-state index contributed by atoms with van der Waals surface area (Å²) in [4.78, 5) is 21.3. The highest BCUT2D eigenvalue weighted by atomic mass is 19.4. The van der Waals surface area contributed by atoms with Gasteiger partial charge < -0.3 is 10.1 Å². The first-order valence-electron chi connectivity index (χ1n) is 9.12. The fraction of sp³-hybridized carbons (Fsp3) is 0.0952. The number of amides is 2. The lowest BCUT2D eigenvalue weighted by molar-refractivity contribution is -0.274. The van der Waals surface area contributed by atoms with Gasteiger partial charge in [0.1, 0.15) is 17.3 Å². The molecule has 0 radical (unpaired) electrons. The third kappa shape index (κ3) is 4.74. The smallest absolute Gasteiger partial charge is 0.406 e. The average Bonchev–Trinajstić information content (AvgIpc) is 3.07. The molecule has 4 aromatic rings. The molecule has 0 saturated carbocycles. The van der Waals surface area contributed by atoms with Crippen LogP contribution < -0.4 is 15.4 Å². The number of hydrogen-bond acceptors (Lipinski definition) is 4. The molecule has 0 atom stereocenters. The molecule has 7 nitrogen and oxygen atoms in total. The number of rotatable bonds is 4. The number of aryl methyl sites for hydroxylation is 1. The third-order valence-corrected chi connectivity index (χ3v) is 4.31. The largest absolute Gasteiger partial charge is 0.573 e. The fourth-order valence-corrected chi connectivity index (χ4v) is 2.93. The molecule has 2 amide bonds. The quantitative estimate of drug-likeness (QED) is 0.466. The van der Waals surface area contributed by atoms with Crippen LogP contribution in [-0.2, 0) is 0 Å². The van der Waals surface area contributed by atoms with Crippen LogP contribution in [0.15, 0.2) is 67.0 Å². The van der Waals surface area contributed by atoms with Crippen molar-refractivity contribution in [1.29, 1.82) is 0 Å². The van der Waals surface area contributed by atoms with Gasteiger partial charge in [-0.3, -0.25) is 9.72 Å². The Kier molecular flexibility index (Phi) is 5.20. The number of imidazole rings is 1. The molecule has 0 unspecified atom stereocenters. The van der Waals surface area contributed by atoms with Crippen LogP contribution in [0.5, 0.6) is 5.75 Å². The lowest BCUT2D eigenvalue weighted by atomic mass is 10.1. The first kappa shape index (κ1) is 20.2. The summed E-state index contributed by atoms with van der Waals surface area (Å²) in [5.41, 5.74) is 2.69. The number of aromatic nitrogens is 3. The molecule has 10 heteroatoms. The maximum atomic E-state index is 12.6. The molecule has 0 aliphatic heterocycles. The number of fused-ring (bicyclic) bond motifs is 1. The van der Waals surface area contributed by atoms with Crippen molar-refractivity contribution in [2.24, 2.45) is 0 Å². The number of alkyl halides is 3. The fourth-order valence-electron chi connectivity index (χ4n) is 2.93. The van der Waals surface area contributed by atoms with Crippen molar-refractivity contribution in [1.82, 2.24) is 14.4 Å². The maximum absolute atomic E-state index is 12.6. The SMILES string of the molecule is Cc1ccc(-c2nc3ncccn3c2NC(=O)Nc2ccc(OC(F)(F)F)cc2)cc1. The molecule has 158 valence electrons. The summed E-state index contributed by atoms with van der Waals surface area (Å²) < 4.78 is 42.3. The molecule has 31 heavy (non-hydrogen) atoms. The molecule has 0 fully saturated rings. The van der Waals surface area contributed by atoms with Gasteiger partial charge >= 0.3 is 12.4 Å². The third-order valence-electron chi connectivity index (χ3n) is 4.31. The van der Waals surface area contributed by atoms with E-state index in [0.29, 0.717) is 17.3 Å². The normalized spacial score (nSPS) is 11.4. The first-order valence-corrected chi connectivity index (χ1v) is 9.12. The minimum absolute atomic E-state index is 0.288. The van der Waals surface area contributed by atoms with Crippen molar-refractivity contribution in [3.8, 4) is 17.0 Å². The van der Waals surface area contributed by atoms with Crippen LogP contribution in [0.1, 0.15) is 5.56 Å². The number of ether oxygens (including phenoxy) is 1. The van der Waals surface area contributed by atoms with Gasteiger partial charge in [-0.15, -0.1) is 13.2 Å². The van der Waals surface area contributed by atoms with Crippen LogP contribution in [0.3, 0.4) is 0 Å². The second kappa shape index (κ2) is 7.98. The summed E-state index contributed by atoms with van der Waals surface area (Å²) in [6.45, 7) is 1.96. The van der Waals surface area contributed by atoms with E-state index >= 15 is 0 Å². The molecule has 2 N–H and O–H groups in total. The van der Waals surface area contributed by atoms with E-state index in [1.54, 1.807) is 22.9 Å². The number of halogens is 3. The Hall–Kier alpha value is -4.08. The Morgan fingerprint density at radius 3 is 2.42 bits per heavy atom. The highest BCUT2D eigenvalue weighted by Gasteiger charge is 2.31. The molecule has 0 spiro atoms. The Balaban J connectivity index is 1.57. The van der Waals surface area contributed by atoms with E-state index in [1.807, 2.05) is 31.2 Å². The van der Waals surface area contributed by atoms with Gasteiger partial charge in [-0.25, -0.2) is 14.8 Å². The molecule has 2 aromatic heterocycles. The summed E-state index contributed by atoms with van der Waals surface area (Å²) in [7, 11) is 0. The molecule has 2 aromatic carbocycles. The van der Waals surface area contributed by atoms with Crippen molar-refractivity contribution in [3.63, 3.8) is 0 Å². The highest BCUT2D eigenvalue weighted by molar-refractivity contribution is 6.01. The second-order valence-corrected chi connectivity index (χ2v) is 6.62. The zero-order chi connectivity index (χ0) is 22.0. The van der Waals surface area contributed by atoms with E-state index in [9.17, 15) is 18.0 Å². The summed E-state index contributed by atoms with van der Waals surface area (Å²) in [6, 6.07) is 13.6. The highest BCUT2D eigenvalue weighted by Crippen LogP contribution is 2.29. The van der Waals surface area contributed by atoms with Crippen molar-refractivity contribution in [2.45, 2.75) is 13.3 Å². The first-order chi connectivity index (χ1) is 14.8. The number of carbonyl (C=O) groups is 1. The van der Waals surface area contributed by atoms with Gasteiger partial charge in [0.15, 0.2) is 0 Å². The van der Waals surface area contributed by atoms with Crippen LogP contribution in [0.4, 0.5) is 29.5 Å². The van der Waals surface area contributed by atoms with Gasteiger partial charge in [-0.1, -0.05) is 29.8 Å². The number of anilines is 2. The van der Waals surface area contributed by atoms with Crippen molar-refractivity contribution >= 4 is 23.3 Å². The lowest BCUT2D eigenvalue weighted by Crippen LogP contribution is -2.21. The van der Waals surface area contributed by atoms with Gasteiger partial charge in [-0.2, -0.15) is 0 Å². The van der Waals surface area contributed by atoms with E-state index in [4.69, 9.17) is 0 Å². The van der Waals surface area contributed by atoms with Gasteiger partial charge in [0, 0.05) is 23.6 Å². The zero-order valence-corrected chi connectivity index (χ0v) is 16.1. The van der Waals surface area contributed by atoms with Gasteiger partial charge in [-0.05, 0) is 37.3 Å². The van der Waals surface area contributed by atoms with Crippen LogP contribution >= 0.6 is 0 Å². The van der Waals surface area contributed by atoms with Gasteiger partial charge in [0.2, 0.25) is 5.78 Å². The number of benzene rings is 2. The Bertz CT molecular complexity index is 1220. The number of urea groups is 1. The number of nitrogens with one attached hydrogen (secondary N) is 2. The van der Waals surface area contributed by atoms with Crippen LogP contribution in [0.25, 0.3) is 17.0 Å². The van der Waals surface area contributed by atoms with Crippen LogP contribution in [0, 0.1) is 6.92 Å². The molecular formula is C21H16F3N5O2. The molecule has 0 bridgehead atoms. The van der Waals surface area contributed by atoms with E-state index < -0.39 is 12.4 Å². The van der Waals surface area contributed by atoms with E-state index in [2.05, 4.69) is 25.3 Å². The average molecular weight is 427 g/mol. The Morgan fingerprint density at radius 2 is 1.74 bits per heavy atom. The van der Waals surface area contributed by atoms with Crippen molar-refractivity contribution < 1.29 is 22.7 Å². The minimum atomic E-state index is -4.78. The van der Waals surface area contributed by atoms with Crippen LogP contribution in [-0.4, -0.2) is 26.8 Å². The second-order valence-electron chi connectivity index (χ2n) is 6.62. The predicted octanol–water partition coefficient (Wildman–Crippen LogP) is 5.25. The summed E-state index contributed by atoms with van der Waals surface area (Å²) in [6.07, 6.45) is -1.47. The van der Waals surface area contributed by atoms with Crippen molar-refractivity contribution in [2.75, 3.05) is 10.6 Å². The zero-order valence-electron chi connectivity index (χ0n) is 16.1. The molecule has 0 aliphatic carbocycles. The summed E-state index contributed by atoms with van der Waals surface area (Å²) in [5, 5.41) is 5.32. The molecule has 4 rings (SSSR count). The summed E-state index contributed by atoms with van der Waals surface area (Å²) in [5.74, 6) is 0.427. The standard InChI is InChI=1S/C21H16F3N5O2/c1-13-3-5-14(6-4-13)17-18(29-12-2-11-25-19(29)27-17)28-20(30)26-15-7-9-16(10-8-15)31-21(22,23)24/h2-12H,1H3,(H2,26,28,30). The molecule has 2 heterocycles. The monoisotopic (exact) mass is 427 g/mol. The molecule has 0 aliphatic rings. The molecular weight excluding hydrogens is 411 g/mol. The van der Waals surface area contributed by atoms with Crippen molar-refractivity contribution in [3.05, 3.63) is 72.6 Å². The maximum Gasteiger partial charge on any atom is 0.573 e. The molecule has 0 saturated heterocycles. The van der Waals surface area contributed by atoms with Gasteiger partial charge in [0.05, 0.1) is 0 Å². The Labute approximate surface area is 174 Å².